The van der Waals surface area contributed by atoms with E-state index in [1.165, 1.54) is 6.42 Å². The molecule has 1 aromatic carbocycles. The molecule has 1 heterocycles. The molecular formula is C21H33Cl3N4O. The van der Waals surface area contributed by atoms with Gasteiger partial charge in [-0.3, -0.25) is 14.6 Å². The number of anilines is 1. The van der Waals surface area contributed by atoms with Crippen LogP contribution in [0.15, 0.2) is 18.2 Å². The van der Waals surface area contributed by atoms with E-state index < -0.39 is 5.54 Å². The van der Waals surface area contributed by atoms with Crippen LogP contribution in [0.4, 0.5) is 5.69 Å². The molecule has 1 saturated carbocycles. The Bertz CT molecular complexity index is 695. The van der Waals surface area contributed by atoms with Crippen molar-refractivity contribution in [3.05, 3.63) is 28.2 Å². The summed E-state index contributed by atoms with van der Waals surface area (Å²) < 4.78 is 0. The van der Waals surface area contributed by atoms with Crippen molar-refractivity contribution < 1.29 is 4.79 Å². The maximum Gasteiger partial charge on any atom is 0.238 e. The number of nitrogens with two attached hydrogens (primary N) is 1. The third-order valence-corrected chi connectivity index (χ3v) is 7.51. The molecule has 29 heavy (non-hydrogen) atoms. The van der Waals surface area contributed by atoms with E-state index in [4.69, 9.17) is 28.9 Å². The first-order valence-electron chi connectivity index (χ1n) is 10.2. The summed E-state index contributed by atoms with van der Waals surface area (Å²) in [6.07, 6.45) is 5.24. The molecule has 2 N–H and O–H groups in total. The molecule has 0 aromatic heterocycles. The number of primary amides is 1. The largest absolute Gasteiger partial charge is 0.368 e. The number of benzene rings is 1. The first-order chi connectivity index (χ1) is 13.4. The Morgan fingerprint density at radius 1 is 1.21 bits per heavy atom. The van der Waals surface area contributed by atoms with Crippen LogP contribution in [0.3, 0.4) is 0 Å². The number of nitrogens with zero attached hydrogens (tertiary/aromatic N) is 3. The number of hydrogen-bond acceptors (Lipinski definition) is 4. The summed E-state index contributed by atoms with van der Waals surface area (Å²) in [4.78, 5) is 19.2. The molecular weight excluding hydrogens is 431 g/mol. The van der Waals surface area contributed by atoms with Crippen LogP contribution in [-0.4, -0.2) is 68.1 Å². The molecule has 2 atom stereocenters. The molecule has 8 heteroatoms. The first-order valence-corrected chi connectivity index (χ1v) is 11.0. The molecule has 1 aliphatic heterocycles. The second-order valence-electron chi connectivity index (χ2n) is 8.32. The number of amides is 1. The summed E-state index contributed by atoms with van der Waals surface area (Å²) in [5, 5.41) is 1.24. The molecule has 2 unspecified atom stereocenters. The number of likely N-dealkylation sites (N-methyl/N-ethyl adjacent to an activating group) is 1. The summed E-state index contributed by atoms with van der Waals surface area (Å²) in [6, 6.07) is 5.80. The highest BCUT2D eigenvalue weighted by Gasteiger charge is 2.47. The summed E-state index contributed by atoms with van der Waals surface area (Å²) in [7, 11) is 3.99. The molecule has 3 rings (SSSR count). The van der Waals surface area contributed by atoms with Crippen molar-refractivity contribution in [1.82, 2.24) is 9.80 Å². The minimum absolute atomic E-state index is 0. The molecule has 164 valence electrons. The van der Waals surface area contributed by atoms with Crippen LogP contribution in [0.2, 0.25) is 10.0 Å². The zero-order chi connectivity index (χ0) is 20.3. The van der Waals surface area contributed by atoms with Gasteiger partial charge in [-0.25, -0.2) is 0 Å². The molecule has 5 nitrogen and oxygen atoms in total. The summed E-state index contributed by atoms with van der Waals surface area (Å²) in [6.45, 7) is 4.84. The van der Waals surface area contributed by atoms with Crippen molar-refractivity contribution in [1.29, 1.82) is 0 Å². The molecule has 0 radical (unpaired) electrons. The standard InChI is InChI=1S/C21H32Cl2N4O.ClH/c1-25(2)21(20(24)28)10-4-3-6-16(21)9-11-26-12-14-27(15-13-26)18-8-5-7-17(22)19(18)23;/h5,7-8,16H,3-4,6,9-15H2,1-2H3,(H2,24,28);1H. The van der Waals surface area contributed by atoms with Crippen molar-refractivity contribution >= 4 is 47.2 Å². The molecule has 2 aliphatic rings. The number of piperazine rings is 1. The monoisotopic (exact) mass is 462 g/mol. The van der Waals surface area contributed by atoms with Gasteiger partial charge in [0.05, 0.1) is 15.7 Å². The maximum absolute atomic E-state index is 12.4. The van der Waals surface area contributed by atoms with E-state index in [1.807, 2.05) is 32.3 Å². The van der Waals surface area contributed by atoms with Crippen molar-refractivity contribution in [2.75, 3.05) is 51.7 Å². The van der Waals surface area contributed by atoms with Crippen LogP contribution in [-0.2, 0) is 4.79 Å². The zero-order valence-corrected chi connectivity index (χ0v) is 19.7. The van der Waals surface area contributed by atoms with Gasteiger partial charge >= 0.3 is 0 Å². The fourth-order valence-electron chi connectivity index (χ4n) is 5.03. The van der Waals surface area contributed by atoms with E-state index in [1.54, 1.807) is 0 Å². The van der Waals surface area contributed by atoms with E-state index >= 15 is 0 Å². The Hall–Kier alpha value is -0.720. The molecule has 1 aromatic rings. The third-order valence-electron chi connectivity index (χ3n) is 6.70. The minimum Gasteiger partial charge on any atom is -0.368 e. The minimum atomic E-state index is -0.492. The highest BCUT2D eigenvalue weighted by Crippen LogP contribution is 2.39. The van der Waals surface area contributed by atoms with Gasteiger partial charge in [-0.2, -0.15) is 0 Å². The third kappa shape index (κ3) is 5.13. The number of halogens is 3. The average molecular weight is 464 g/mol. The van der Waals surface area contributed by atoms with Gasteiger partial charge in [0.25, 0.3) is 0 Å². The highest BCUT2D eigenvalue weighted by molar-refractivity contribution is 6.43. The van der Waals surface area contributed by atoms with E-state index in [2.05, 4.69) is 14.7 Å². The molecule has 1 amide bonds. The Labute approximate surface area is 190 Å². The normalized spacial score (nSPS) is 25.7. The van der Waals surface area contributed by atoms with Crippen molar-refractivity contribution in [2.45, 2.75) is 37.6 Å². The summed E-state index contributed by atoms with van der Waals surface area (Å²) in [5.74, 6) is 0.164. The Balaban J connectivity index is 0.00000300. The van der Waals surface area contributed by atoms with E-state index in [-0.39, 0.29) is 18.3 Å². The Morgan fingerprint density at radius 2 is 1.90 bits per heavy atom. The number of rotatable bonds is 6. The summed E-state index contributed by atoms with van der Waals surface area (Å²) in [5.41, 5.74) is 6.41. The maximum atomic E-state index is 12.4. The van der Waals surface area contributed by atoms with Crippen molar-refractivity contribution in [3.8, 4) is 0 Å². The van der Waals surface area contributed by atoms with Gasteiger partial charge in [-0.15, -0.1) is 12.4 Å². The summed E-state index contributed by atoms with van der Waals surface area (Å²) >= 11 is 12.5. The SMILES string of the molecule is CN(C)C1(C(N)=O)CCCCC1CCN1CCN(c2cccc(Cl)c2Cl)CC1.Cl. The van der Waals surface area contributed by atoms with Gasteiger partial charge in [0.2, 0.25) is 5.91 Å². The van der Waals surface area contributed by atoms with Crippen LogP contribution in [0.5, 0.6) is 0 Å². The van der Waals surface area contributed by atoms with Crippen LogP contribution in [0.25, 0.3) is 0 Å². The van der Waals surface area contributed by atoms with Crippen LogP contribution in [0, 0.1) is 5.92 Å². The second-order valence-corrected chi connectivity index (χ2v) is 9.10. The number of hydrogen-bond donors (Lipinski definition) is 1. The molecule has 1 saturated heterocycles. The van der Waals surface area contributed by atoms with Crippen molar-refractivity contribution in [2.24, 2.45) is 11.7 Å². The lowest BCUT2D eigenvalue weighted by Gasteiger charge is -2.47. The number of carbonyl (C=O) groups is 1. The average Bonchev–Trinajstić information content (AvgIpc) is 2.69. The molecule has 2 fully saturated rings. The van der Waals surface area contributed by atoms with E-state index in [9.17, 15) is 4.79 Å². The van der Waals surface area contributed by atoms with Gasteiger partial charge in [-0.05, 0) is 58.0 Å². The topological polar surface area (TPSA) is 52.8 Å². The fourth-order valence-corrected chi connectivity index (χ4v) is 5.45. The second kappa shape index (κ2) is 10.5. The van der Waals surface area contributed by atoms with E-state index in [0.29, 0.717) is 16.0 Å². The van der Waals surface area contributed by atoms with Gasteiger partial charge in [-0.1, -0.05) is 42.1 Å². The quantitative estimate of drug-likeness (QED) is 0.695. The van der Waals surface area contributed by atoms with Crippen molar-refractivity contribution in [3.63, 3.8) is 0 Å². The zero-order valence-electron chi connectivity index (χ0n) is 17.4. The lowest BCUT2D eigenvalue weighted by atomic mass is 9.69. The van der Waals surface area contributed by atoms with Gasteiger partial charge in [0, 0.05) is 26.2 Å². The van der Waals surface area contributed by atoms with Gasteiger partial charge < -0.3 is 10.6 Å². The van der Waals surface area contributed by atoms with E-state index in [0.717, 1.165) is 64.1 Å². The molecule has 0 spiro atoms. The fraction of sp³-hybridized carbons (Fsp3) is 0.667. The van der Waals surface area contributed by atoms with Crippen LogP contribution < -0.4 is 10.6 Å². The number of carbonyl (C=O) groups excluding carboxylic acids is 1. The smallest absolute Gasteiger partial charge is 0.238 e. The van der Waals surface area contributed by atoms with Crippen LogP contribution in [0.1, 0.15) is 32.1 Å². The first kappa shape index (κ1) is 24.5. The predicted octanol–water partition coefficient (Wildman–Crippen LogP) is 3.90. The Kier molecular flexibility index (Phi) is 8.92. The lowest BCUT2D eigenvalue weighted by molar-refractivity contribution is -0.135. The molecule has 1 aliphatic carbocycles. The highest BCUT2D eigenvalue weighted by atomic mass is 35.5. The predicted molar refractivity (Wildman–Crippen MR) is 125 cm³/mol. The van der Waals surface area contributed by atoms with Crippen LogP contribution >= 0.6 is 35.6 Å². The lowest BCUT2D eigenvalue weighted by Crippen LogP contribution is -2.61. The van der Waals surface area contributed by atoms with Gasteiger partial charge in [0.1, 0.15) is 5.54 Å². The molecule has 0 bridgehead atoms. The Morgan fingerprint density at radius 3 is 2.52 bits per heavy atom. The van der Waals surface area contributed by atoms with Gasteiger partial charge in [0.15, 0.2) is 0 Å².